The van der Waals surface area contributed by atoms with Gasteiger partial charge in [0.25, 0.3) is 11.2 Å². The first-order chi connectivity index (χ1) is 16.4. The van der Waals surface area contributed by atoms with E-state index in [9.17, 15) is 24.5 Å². The summed E-state index contributed by atoms with van der Waals surface area (Å²) in [5.74, 6) is -1.20. The number of nitrogens with zero attached hydrogens (tertiary/aromatic N) is 2. The van der Waals surface area contributed by atoms with Crippen molar-refractivity contribution >= 4 is 17.6 Å². The van der Waals surface area contributed by atoms with Crippen LogP contribution in [0.2, 0.25) is 0 Å². The Morgan fingerprint density at radius 1 is 0.971 bits per heavy atom. The van der Waals surface area contributed by atoms with Crippen LogP contribution in [0.25, 0.3) is 0 Å². The largest absolute Gasteiger partial charge is 0.459 e. The second-order valence-electron chi connectivity index (χ2n) is 7.55. The molecule has 2 aromatic carbocycles. The minimum atomic E-state index is -1.14. The van der Waals surface area contributed by atoms with Gasteiger partial charge >= 0.3 is 11.9 Å². The zero-order valence-corrected chi connectivity index (χ0v) is 17.8. The predicted octanol–water partition coefficient (Wildman–Crippen LogP) is 3.13. The van der Waals surface area contributed by atoms with E-state index in [4.69, 9.17) is 14.2 Å². The fraction of sp³-hybridized carbons (Fsp3) is 0.208. The summed E-state index contributed by atoms with van der Waals surface area (Å²) in [5, 5.41) is 11.2. The lowest BCUT2D eigenvalue weighted by Crippen LogP contribution is -2.32. The van der Waals surface area contributed by atoms with Crippen molar-refractivity contribution in [2.75, 3.05) is 6.61 Å². The molecule has 0 amide bonds. The molecule has 10 nitrogen and oxygen atoms in total. The number of carbonyl (C=O) groups excluding carboxylic acids is 2. The van der Waals surface area contributed by atoms with Gasteiger partial charge in [-0.05, 0) is 24.3 Å². The molecule has 1 fully saturated rings. The van der Waals surface area contributed by atoms with Gasteiger partial charge in [-0.3, -0.25) is 19.5 Å². The lowest BCUT2D eigenvalue weighted by Gasteiger charge is -2.21. The Bertz CT molecular complexity index is 1240. The smallest absolute Gasteiger partial charge is 0.338 e. The predicted molar refractivity (Wildman–Crippen MR) is 118 cm³/mol. The molecule has 3 atom stereocenters. The van der Waals surface area contributed by atoms with E-state index in [-0.39, 0.29) is 18.7 Å². The number of aromatic nitrogens is 1. The minimum Gasteiger partial charge on any atom is -0.459 e. The molecular weight excluding hydrogens is 444 g/mol. The monoisotopic (exact) mass is 464 g/mol. The molecule has 0 aliphatic carbocycles. The maximum atomic E-state index is 12.6. The van der Waals surface area contributed by atoms with Crippen LogP contribution in [0.15, 0.2) is 83.8 Å². The molecule has 1 aromatic heterocycles. The van der Waals surface area contributed by atoms with Crippen LogP contribution < -0.4 is 5.56 Å². The molecule has 174 valence electrons. The van der Waals surface area contributed by atoms with E-state index in [2.05, 4.69) is 0 Å². The van der Waals surface area contributed by atoms with Crippen LogP contribution in [-0.4, -0.2) is 40.2 Å². The van der Waals surface area contributed by atoms with E-state index in [1.807, 2.05) is 0 Å². The summed E-state index contributed by atoms with van der Waals surface area (Å²) >= 11 is 0. The minimum absolute atomic E-state index is 0.112. The second-order valence-corrected chi connectivity index (χ2v) is 7.55. The first kappa shape index (κ1) is 22.9. The molecule has 0 unspecified atom stereocenters. The molecule has 10 heteroatoms. The highest BCUT2D eigenvalue weighted by atomic mass is 16.6. The van der Waals surface area contributed by atoms with Crippen LogP contribution in [0.4, 0.5) is 5.69 Å². The van der Waals surface area contributed by atoms with Crippen LogP contribution in [0.5, 0.6) is 0 Å². The van der Waals surface area contributed by atoms with Crippen LogP contribution >= 0.6 is 0 Å². The van der Waals surface area contributed by atoms with Crippen LogP contribution in [0.1, 0.15) is 33.4 Å². The summed E-state index contributed by atoms with van der Waals surface area (Å²) in [6.07, 6.45) is -1.65. The quantitative estimate of drug-likeness (QED) is 0.296. The Balaban J connectivity index is 1.55. The standard InChI is InChI=1S/C24H20N2O8/c27-21-12-11-18(26(30)31)14-25(21)22-20(34-24(29)17-9-5-2-6-10-17)13-19(33-22)15-32-23(28)16-7-3-1-4-8-16/h1-12,14,19-20,22H,13,15H2/t19-,20+,22+/m0/s1. The van der Waals surface area contributed by atoms with Crippen LogP contribution in [0.3, 0.4) is 0 Å². The summed E-state index contributed by atoms with van der Waals surface area (Å²) in [6, 6.07) is 18.8. The SMILES string of the molecule is O=C(OC[C@@H]1C[C@@H](OC(=O)c2ccccc2)[C@H](n2cc([N+](=O)[O-])ccc2=O)O1)c1ccccc1. The van der Waals surface area contributed by atoms with Gasteiger partial charge in [-0.2, -0.15) is 0 Å². The van der Waals surface area contributed by atoms with Crippen molar-refractivity contribution in [1.29, 1.82) is 0 Å². The van der Waals surface area contributed by atoms with Crippen molar-refractivity contribution in [3.8, 4) is 0 Å². The molecule has 2 heterocycles. The van der Waals surface area contributed by atoms with Crippen LogP contribution in [-0.2, 0) is 14.2 Å². The average molecular weight is 464 g/mol. The third-order valence-electron chi connectivity index (χ3n) is 5.23. The fourth-order valence-corrected chi connectivity index (χ4v) is 3.58. The number of rotatable bonds is 7. The van der Waals surface area contributed by atoms with Gasteiger partial charge in [-0.25, -0.2) is 9.59 Å². The summed E-state index contributed by atoms with van der Waals surface area (Å²) < 4.78 is 17.8. The third kappa shape index (κ3) is 5.18. The van der Waals surface area contributed by atoms with Crippen LogP contribution in [0, 0.1) is 10.1 Å². The van der Waals surface area contributed by atoms with Gasteiger partial charge in [0, 0.05) is 18.6 Å². The summed E-state index contributed by atoms with van der Waals surface area (Å²) in [6.45, 7) is -0.159. The van der Waals surface area contributed by atoms with Gasteiger partial charge in [0.05, 0.1) is 28.4 Å². The molecule has 0 radical (unpaired) electrons. The number of nitro groups is 1. The summed E-state index contributed by atoms with van der Waals surface area (Å²) in [4.78, 5) is 48.0. The highest BCUT2D eigenvalue weighted by molar-refractivity contribution is 5.89. The van der Waals surface area contributed by atoms with Gasteiger partial charge in [0.15, 0.2) is 6.23 Å². The summed E-state index contributed by atoms with van der Waals surface area (Å²) in [5.41, 5.74) is -0.237. The zero-order valence-electron chi connectivity index (χ0n) is 17.8. The number of hydrogen-bond acceptors (Lipinski definition) is 8. The average Bonchev–Trinajstić information content (AvgIpc) is 3.26. The topological polar surface area (TPSA) is 127 Å². The van der Waals surface area contributed by atoms with E-state index in [0.717, 1.165) is 22.9 Å². The second kappa shape index (κ2) is 10.1. The highest BCUT2D eigenvalue weighted by Crippen LogP contribution is 2.32. The molecule has 0 saturated carbocycles. The van der Waals surface area contributed by atoms with Crippen molar-refractivity contribution in [3.63, 3.8) is 0 Å². The molecule has 0 N–H and O–H groups in total. The number of carbonyl (C=O) groups is 2. The van der Waals surface area contributed by atoms with E-state index < -0.39 is 40.9 Å². The molecular formula is C24H20N2O8. The van der Waals surface area contributed by atoms with Crippen molar-refractivity contribution in [3.05, 3.63) is 111 Å². The molecule has 3 aromatic rings. The summed E-state index contributed by atoms with van der Waals surface area (Å²) in [7, 11) is 0. The van der Waals surface area contributed by atoms with E-state index in [0.29, 0.717) is 11.1 Å². The number of hydrogen-bond donors (Lipinski definition) is 0. The maximum absolute atomic E-state index is 12.6. The van der Waals surface area contributed by atoms with Gasteiger partial charge in [0.2, 0.25) is 0 Å². The van der Waals surface area contributed by atoms with Gasteiger partial charge in [-0.15, -0.1) is 0 Å². The van der Waals surface area contributed by atoms with E-state index >= 15 is 0 Å². The van der Waals surface area contributed by atoms with Crippen molar-refractivity contribution in [2.24, 2.45) is 0 Å². The Morgan fingerprint density at radius 3 is 2.21 bits per heavy atom. The molecule has 0 spiro atoms. The van der Waals surface area contributed by atoms with Gasteiger partial charge in [-0.1, -0.05) is 36.4 Å². The maximum Gasteiger partial charge on any atom is 0.338 e. The van der Waals surface area contributed by atoms with E-state index in [1.54, 1.807) is 60.7 Å². The third-order valence-corrected chi connectivity index (χ3v) is 5.23. The van der Waals surface area contributed by atoms with Crippen molar-refractivity contribution < 1.29 is 28.7 Å². The van der Waals surface area contributed by atoms with Crippen molar-refractivity contribution in [1.82, 2.24) is 4.57 Å². The Kier molecular flexibility index (Phi) is 6.79. The molecule has 1 aliphatic heterocycles. The first-order valence-electron chi connectivity index (χ1n) is 10.4. The normalized spacial score (nSPS) is 19.4. The Hall–Kier alpha value is -4.31. The lowest BCUT2D eigenvalue weighted by atomic mass is 10.1. The molecule has 1 saturated heterocycles. The van der Waals surface area contributed by atoms with Gasteiger partial charge < -0.3 is 14.2 Å². The number of ether oxygens (including phenoxy) is 3. The molecule has 1 aliphatic rings. The number of benzene rings is 2. The van der Waals surface area contributed by atoms with E-state index in [1.165, 1.54) is 0 Å². The Morgan fingerprint density at radius 2 is 1.59 bits per heavy atom. The number of pyridine rings is 1. The molecule has 0 bridgehead atoms. The highest BCUT2D eigenvalue weighted by Gasteiger charge is 2.41. The van der Waals surface area contributed by atoms with Crippen molar-refractivity contribution in [2.45, 2.75) is 24.9 Å². The fourth-order valence-electron chi connectivity index (χ4n) is 3.58. The van der Waals surface area contributed by atoms with Gasteiger partial charge in [0.1, 0.15) is 12.7 Å². The molecule has 4 rings (SSSR count). The zero-order chi connectivity index (χ0) is 24.1. The lowest BCUT2D eigenvalue weighted by molar-refractivity contribution is -0.385. The first-order valence-corrected chi connectivity index (χ1v) is 10.4. The Labute approximate surface area is 193 Å². The molecule has 34 heavy (non-hydrogen) atoms. The number of esters is 2.